The molecule has 204 valence electrons. The minimum atomic E-state index is -1.98. The van der Waals surface area contributed by atoms with Crippen molar-refractivity contribution in [3.8, 4) is 0 Å². The monoisotopic (exact) mass is 586 g/mol. The number of rotatable bonds is 10. The minimum absolute atomic E-state index is 0. The molecule has 0 bridgehead atoms. The minimum Gasteiger partial charge on any atom is -0.431 e. The van der Waals surface area contributed by atoms with E-state index in [9.17, 15) is 9.59 Å². The maximum atomic E-state index is 10.4. The van der Waals surface area contributed by atoms with Crippen molar-refractivity contribution in [2.24, 2.45) is 0 Å². The van der Waals surface area contributed by atoms with Crippen LogP contribution in [0.25, 0.3) is 0 Å². The largest absolute Gasteiger partial charge is 0.431 e. The molecule has 4 nitrogen and oxygen atoms in total. The Kier molecular flexibility index (Phi) is 33.2. The van der Waals surface area contributed by atoms with E-state index >= 15 is 0 Å². The van der Waals surface area contributed by atoms with E-state index in [1.54, 1.807) is 0 Å². The van der Waals surface area contributed by atoms with Gasteiger partial charge in [0.2, 0.25) is 0 Å². The Morgan fingerprint density at radius 1 is 0.455 bits per heavy atom. The van der Waals surface area contributed by atoms with Gasteiger partial charge in [0.25, 0.3) is 0 Å². The Bertz CT molecular complexity index is 307. The van der Waals surface area contributed by atoms with Crippen LogP contribution in [0.4, 0.5) is 0 Å². The molecule has 0 aliphatic carbocycles. The Morgan fingerprint density at radius 3 is 0.606 bits per heavy atom. The number of hydrogen-bond acceptors (Lipinski definition) is 4. The fourth-order valence-electron chi connectivity index (χ4n) is 4.32. The zero-order valence-corrected chi connectivity index (χ0v) is 29.5. The third kappa shape index (κ3) is 19.0. The summed E-state index contributed by atoms with van der Waals surface area (Å²) in [4.78, 5) is 20.8. The van der Waals surface area contributed by atoms with Crippen molar-refractivity contribution in [1.82, 2.24) is 0 Å². The zero-order valence-electron chi connectivity index (χ0n) is 25.0. The molecule has 0 amide bonds. The second-order valence-corrected chi connectivity index (χ2v) is 21.3. The number of hydrogen-bond donors (Lipinski definition) is 4. The first-order valence-corrected chi connectivity index (χ1v) is 17.5. The van der Waals surface area contributed by atoms with Crippen molar-refractivity contribution < 1.29 is 46.0 Å². The first kappa shape index (κ1) is 44.2. The van der Waals surface area contributed by atoms with Crippen LogP contribution >= 0.6 is 0 Å². The van der Waals surface area contributed by atoms with Gasteiger partial charge in [-0.25, -0.2) is 0 Å². The Balaban J connectivity index is -0.000000112. The molecule has 0 fully saturated rings. The third-order valence-corrected chi connectivity index (χ3v) is 17.7. The molecule has 0 aromatic rings. The Morgan fingerprint density at radius 2 is 0.606 bits per heavy atom. The zero-order chi connectivity index (χ0) is 26.7. The van der Waals surface area contributed by atoms with E-state index in [2.05, 4.69) is 96.9 Å². The van der Waals surface area contributed by atoms with Gasteiger partial charge in [0, 0.05) is 39.4 Å². The van der Waals surface area contributed by atoms with Gasteiger partial charge < -0.3 is 19.8 Å². The van der Waals surface area contributed by atoms with Gasteiger partial charge in [0.1, 0.15) is 0 Å². The van der Waals surface area contributed by atoms with E-state index in [4.69, 9.17) is 10.2 Å². The van der Waals surface area contributed by atoms with Gasteiger partial charge in [-0.1, -0.05) is 110 Å². The summed E-state index contributed by atoms with van der Waals surface area (Å²) in [7, 11) is -3.96. The maximum absolute atomic E-state index is 10.4. The molecule has 0 aromatic carbocycles. The molecule has 0 saturated carbocycles. The second-order valence-electron chi connectivity index (χ2n) is 10.9. The summed E-state index contributed by atoms with van der Waals surface area (Å²) in [6.45, 7) is 30.5. The van der Waals surface area contributed by atoms with Crippen molar-refractivity contribution in [3.05, 3.63) is 0 Å². The molecule has 0 aromatic heterocycles. The topological polar surface area (TPSA) is 80.9 Å². The molecule has 0 aliphatic rings. The van der Waals surface area contributed by atoms with E-state index in [1.807, 2.05) is 0 Å². The van der Waals surface area contributed by atoms with Gasteiger partial charge in [0.15, 0.2) is 16.6 Å². The standard InChI is InChI=1S/2C9H22OSi.2C4H10O.Zr/c2*1-7(2)11(10,8(3)4)9(5)6;2*1-2-3-4-5;/h2*7-10H,1-6H3;2*5H,2-4H2,1H3;. The molecule has 0 radical (unpaired) electrons. The van der Waals surface area contributed by atoms with Crippen LogP contribution in [0, 0.1) is 0 Å². The summed E-state index contributed by atoms with van der Waals surface area (Å²) in [5, 5.41) is 16.1. The smallest absolute Gasteiger partial charge is 0.196 e. The van der Waals surface area contributed by atoms with Gasteiger partial charge in [-0.3, -0.25) is 0 Å². The van der Waals surface area contributed by atoms with E-state index < -0.39 is 16.6 Å². The second kappa shape index (κ2) is 24.8. The summed E-state index contributed by atoms with van der Waals surface area (Å²) in [6, 6.07) is 0. The average molecular weight is 588 g/mol. The van der Waals surface area contributed by atoms with Crippen LogP contribution in [-0.2, 0) is 26.2 Å². The predicted molar refractivity (Wildman–Crippen MR) is 151 cm³/mol. The quantitative estimate of drug-likeness (QED) is 0.196. The summed E-state index contributed by atoms with van der Waals surface area (Å²) >= 11 is 0. The van der Waals surface area contributed by atoms with Crippen LogP contribution < -0.4 is 0 Å². The summed E-state index contributed by atoms with van der Waals surface area (Å²) < 4.78 is 0. The van der Waals surface area contributed by atoms with E-state index in [-0.39, 0.29) is 26.2 Å². The molecule has 0 saturated heterocycles. The van der Waals surface area contributed by atoms with Crippen LogP contribution in [0.1, 0.15) is 123 Å². The van der Waals surface area contributed by atoms with Crippen LogP contribution in [0.5, 0.6) is 0 Å². The molecule has 0 heterocycles. The molecule has 33 heavy (non-hydrogen) atoms. The van der Waals surface area contributed by atoms with E-state index in [1.165, 1.54) is 0 Å². The van der Waals surface area contributed by atoms with Gasteiger partial charge >= 0.3 is 0 Å². The average Bonchev–Trinajstić information content (AvgIpc) is 2.68. The first-order valence-electron chi connectivity index (χ1n) is 13.2. The van der Waals surface area contributed by atoms with E-state index in [0.717, 1.165) is 25.7 Å². The SMILES string of the molecule is CC(C)[Si](O)(C(C)C)C(C)C.CC(C)[Si](O)(C(C)C)C(C)C.CCCCO.CCCCO.[Zr]. The molecule has 4 N–H and O–H groups in total. The van der Waals surface area contributed by atoms with Crippen molar-refractivity contribution in [2.75, 3.05) is 13.2 Å². The van der Waals surface area contributed by atoms with Crippen molar-refractivity contribution in [3.63, 3.8) is 0 Å². The van der Waals surface area contributed by atoms with Crippen LogP contribution in [-0.4, -0.2) is 49.7 Å². The summed E-state index contributed by atoms with van der Waals surface area (Å²) in [5.74, 6) is 0. The van der Waals surface area contributed by atoms with Crippen molar-refractivity contribution in [1.29, 1.82) is 0 Å². The molecular formula is C26H64O4Si2Zr. The number of aliphatic hydroxyl groups is 2. The fraction of sp³-hybridized carbons (Fsp3) is 1.00. The number of unbranched alkanes of at least 4 members (excludes halogenated alkanes) is 2. The molecule has 0 aliphatic heterocycles. The molecule has 0 unspecified atom stereocenters. The molecular weight excluding hydrogens is 524 g/mol. The predicted octanol–water partition coefficient (Wildman–Crippen LogP) is 7.86. The van der Waals surface area contributed by atoms with Gasteiger partial charge in [0.05, 0.1) is 0 Å². The normalized spacial score (nSPS) is 11.6. The Labute approximate surface area is 230 Å². The van der Waals surface area contributed by atoms with Crippen molar-refractivity contribution >= 4 is 16.6 Å². The Hall–Kier alpha value is 1.16. The van der Waals surface area contributed by atoms with Crippen LogP contribution in [0.15, 0.2) is 0 Å². The maximum Gasteiger partial charge on any atom is 0.196 e. The number of aliphatic hydroxyl groups excluding tert-OH is 2. The van der Waals surface area contributed by atoms with Gasteiger partial charge in [-0.2, -0.15) is 0 Å². The molecule has 0 atom stereocenters. The summed E-state index contributed by atoms with van der Waals surface area (Å²) in [6.07, 6.45) is 4.08. The van der Waals surface area contributed by atoms with E-state index in [0.29, 0.717) is 46.5 Å². The van der Waals surface area contributed by atoms with Crippen molar-refractivity contribution in [2.45, 2.75) is 156 Å². The fourth-order valence-corrected chi connectivity index (χ4v) is 12.3. The van der Waals surface area contributed by atoms with Gasteiger partial charge in [-0.05, 0) is 46.1 Å². The molecule has 0 spiro atoms. The first-order chi connectivity index (χ1) is 14.5. The third-order valence-electron chi connectivity index (χ3n) is 6.57. The summed E-state index contributed by atoms with van der Waals surface area (Å²) in [5.41, 5.74) is 2.85. The van der Waals surface area contributed by atoms with Crippen LogP contribution in [0.3, 0.4) is 0 Å². The van der Waals surface area contributed by atoms with Gasteiger partial charge in [-0.15, -0.1) is 0 Å². The molecule has 0 rings (SSSR count). The molecule has 7 heteroatoms. The van der Waals surface area contributed by atoms with Crippen LogP contribution in [0.2, 0.25) is 33.2 Å².